The van der Waals surface area contributed by atoms with Crippen molar-refractivity contribution in [2.75, 3.05) is 7.05 Å². The number of benzene rings is 1. The van der Waals surface area contributed by atoms with Crippen LogP contribution >= 0.6 is 11.6 Å². The highest BCUT2D eigenvalue weighted by Crippen LogP contribution is 2.16. The minimum atomic E-state index is -1.13. The molecular weight excluding hydrogens is 232 g/mol. The summed E-state index contributed by atoms with van der Waals surface area (Å²) in [5, 5.41) is 14.0. The second-order valence-electron chi connectivity index (χ2n) is 3.05. The van der Waals surface area contributed by atoms with Gasteiger partial charge in [0.2, 0.25) is 0 Å². The minimum absolute atomic E-state index is 0.0130. The quantitative estimate of drug-likeness (QED) is 0.309. The van der Waals surface area contributed by atoms with Gasteiger partial charge < -0.3 is 10.8 Å². The van der Waals surface area contributed by atoms with Crippen molar-refractivity contribution in [3.05, 3.63) is 34.3 Å². The standard InChI is InChI=1S/C9H11ClN4O2/c1-14(12)13-8(11)6-3-2-5(10)4-7(6)9(15)16/h2-4H,12H2,1H3,(H2,11,13)(H,15,16). The molecule has 16 heavy (non-hydrogen) atoms. The monoisotopic (exact) mass is 242 g/mol. The van der Waals surface area contributed by atoms with Crippen LogP contribution in [-0.2, 0) is 0 Å². The summed E-state index contributed by atoms with van der Waals surface area (Å²) in [5.41, 5.74) is 5.86. The Hall–Kier alpha value is -1.79. The fourth-order valence-electron chi connectivity index (χ4n) is 1.14. The lowest BCUT2D eigenvalue weighted by Crippen LogP contribution is -2.26. The predicted octanol–water partition coefficient (Wildman–Crippen LogP) is 0.464. The van der Waals surface area contributed by atoms with Crippen molar-refractivity contribution in [3.8, 4) is 0 Å². The predicted molar refractivity (Wildman–Crippen MR) is 61.1 cm³/mol. The molecule has 0 amide bonds. The van der Waals surface area contributed by atoms with Gasteiger partial charge in [0, 0.05) is 17.6 Å². The molecule has 0 saturated heterocycles. The highest BCUT2D eigenvalue weighted by atomic mass is 35.5. The van der Waals surface area contributed by atoms with E-state index in [1.165, 1.54) is 25.2 Å². The molecule has 1 aromatic carbocycles. The lowest BCUT2D eigenvalue weighted by Gasteiger charge is -2.09. The third-order valence-corrected chi connectivity index (χ3v) is 1.99. The summed E-state index contributed by atoms with van der Waals surface area (Å²) in [6, 6.07) is 4.31. The Kier molecular flexibility index (Phi) is 3.70. The first-order chi connectivity index (χ1) is 7.41. The largest absolute Gasteiger partial charge is 0.478 e. The number of amidine groups is 1. The van der Waals surface area contributed by atoms with Crippen molar-refractivity contribution >= 4 is 23.4 Å². The SMILES string of the molecule is CN(N)/N=C(\N)c1ccc(Cl)cc1C(=O)O. The van der Waals surface area contributed by atoms with Crippen molar-refractivity contribution in [2.45, 2.75) is 0 Å². The average Bonchev–Trinajstić information content (AvgIpc) is 2.16. The van der Waals surface area contributed by atoms with E-state index in [4.69, 9.17) is 28.3 Å². The second-order valence-corrected chi connectivity index (χ2v) is 3.49. The van der Waals surface area contributed by atoms with Crippen LogP contribution in [0.3, 0.4) is 0 Å². The van der Waals surface area contributed by atoms with E-state index in [1.807, 2.05) is 0 Å². The molecule has 6 nitrogen and oxygen atoms in total. The molecule has 0 bridgehead atoms. The van der Waals surface area contributed by atoms with E-state index in [9.17, 15) is 4.79 Å². The van der Waals surface area contributed by atoms with Crippen LogP contribution in [0.4, 0.5) is 0 Å². The molecule has 7 heteroatoms. The molecule has 0 aromatic heterocycles. The number of carboxylic acids is 1. The molecule has 0 aliphatic carbocycles. The van der Waals surface area contributed by atoms with Gasteiger partial charge in [0.25, 0.3) is 0 Å². The summed E-state index contributed by atoms with van der Waals surface area (Å²) in [5.74, 6) is 4.16. The van der Waals surface area contributed by atoms with Gasteiger partial charge in [-0.3, -0.25) is 0 Å². The lowest BCUT2D eigenvalue weighted by molar-refractivity contribution is 0.0696. The van der Waals surface area contributed by atoms with Crippen LogP contribution in [0.5, 0.6) is 0 Å². The molecule has 5 N–H and O–H groups in total. The van der Waals surface area contributed by atoms with Gasteiger partial charge in [-0.15, -0.1) is 5.10 Å². The first kappa shape index (κ1) is 12.3. The first-order valence-electron chi connectivity index (χ1n) is 4.27. The van der Waals surface area contributed by atoms with Gasteiger partial charge >= 0.3 is 5.97 Å². The third kappa shape index (κ3) is 2.85. The number of hydrazine groups is 1. The Morgan fingerprint density at radius 1 is 1.50 bits per heavy atom. The molecule has 1 aromatic rings. The zero-order valence-electron chi connectivity index (χ0n) is 8.51. The van der Waals surface area contributed by atoms with Gasteiger partial charge in [-0.25, -0.2) is 15.8 Å². The maximum absolute atomic E-state index is 11.0. The Labute approximate surface area is 97.1 Å². The molecule has 86 valence electrons. The number of aromatic carboxylic acids is 1. The van der Waals surface area contributed by atoms with Crippen molar-refractivity contribution in [2.24, 2.45) is 16.7 Å². The first-order valence-corrected chi connectivity index (χ1v) is 4.65. The summed E-state index contributed by atoms with van der Waals surface area (Å²) in [4.78, 5) is 11.0. The maximum atomic E-state index is 11.0. The number of carbonyl (C=O) groups is 1. The van der Waals surface area contributed by atoms with Gasteiger partial charge in [0.1, 0.15) is 0 Å². The van der Waals surface area contributed by atoms with E-state index < -0.39 is 5.97 Å². The van der Waals surface area contributed by atoms with Gasteiger partial charge in [-0.2, -0.15) is 0 Å². The van der Waals surface area contributed by atoms with Crippen molar-refractivity contribution < 1.29 is 9.90 Å². The highest BCUT2D eigenvalue weighted by molar-refractivity contribution is 6.31. The number of halogens is 1. The van der Waals surface area contributed by atoms with E-state index in [0.717, 1.165) is 5.12 Å². The van der Waals surface area contributed by atoms with Crippen LogP contribution in [0.25, 0.3) is 0 Å². The zero-order chi connectivity index (χ0) is 12.3. The van der Waals surface area contributed by atoms with Crippen LogP contribution in [0.15, 0.2) is 23.3 Å². The molecule has 0 aliphatic rings. The molecule has 0 spiro atoms. The fourth-order valence-corrected chi connectivity index (χ4v) is 1.31. The molecule has 0 radical (unpaired) electrons. The number of carboxylic acid groups (broad SMARTS) is 1. The van der Waals surface area contributed by atoms with Crippen LogP contribution in [0.2, 0.25) is 5.02 Å². The highest BCUT2D eigenvalue weighted by Gasteiger charge is 2.13. The van der Waals surface area contributed by atoms with Crippen LogP contribution in [0, 0.1) is 0 Å². The number of nitrogens with two attached hydrogens (primary N) is 2. The number of rotatable bonds is 3. The lowest BCUT2D eigenvalue weighted by atomic mass is 10.1. The van der Waals surface area contributed by atoms with E-state index in [1.54, 1.807) is 0 Å². The molecule has 0 saturated carbocycles. The number of hydrazone groups is 1. The topological polar surface area (TPSA) is 105 Å². The molecule has 0 fully saturated rings. The van der Waals surface area contributed by atoms with Gasteiger partial charge in [-0.1, -0.05) is 11.6 Å². The molecule has 0 atom stereocenters. The molecule has 0 unspecified atom stereocenters. The van der Waals surface area contributed by atoms with Crippen molar-refractivity contribution in [1.82, 2.24) is 5.12 Å². The van der Waals surface area contributed by atoms with Crippen LogP contribution < -0.4 is 11.6 Å². The van der Waals surface area contributed by atoms with Crippen LogP contribution in [0.1, 0.15) is 15.9 Å². The molecule has 1 rings (SSSR count). The van der Waals surface area contributed by atoms with Gasteiger partial charge in [0.05, 0.1) is 5.56 Å². The number of hydrogen-bond donors (Lipinski definition) is 3. The Morgan fingerprint density at radius 2 is 2.12 bits per heavy atom. The molecule has 0 aliphatic heterocycles. The van der Waals surface area contributed by atoms with Gasteiger partial charge in [-0.05, 0) is 18.2 Å². The molecule has 0 heterocycles. The Morgan fingerprint density at radius 3 is 2.62 bits per heavy atom. The van der Waals surface area contributed by atoms with E-state index >= 15 is 0 Å². The summed E-state index contributed by atoms with van der Waals surface area (Å²) in [6.45, 7) is 0. The van der Waals surface area contributed by atoms with Gasteiger partial charge in [0.15, 0.2) is 5.84 Å². The van der Waals surface area contributed by atoms with E-state index in [0.29, 0.717) is 5.02 Å². The van der Waals surface area contributed by atoms with Crippen molar-refractivity contribution in [1.29, 1.82) is 0 Å². The Bertz CT molecular complexity index is 445. The molecular formula is C9H11ClN4O2. The third-order valence-electron chi connectivity index (χ3n) is 1.75. The smallest absolute Gasteiger partial charge is 0.336 e. The summed E-state index contributed by atoms with van der Waals surface area (Å²) >= 11 is 5.69. The van der Waals surface area contributed by atoms with Crippen molar-refractivity contribution in [3.63, 3.8) is 0 Å². The Balaban J connectivity index is 3.28. The summed E-state index contributed by atoms with van der Waals surface area (Å²) < 4.78 is 0. The maximum Gasteiger partial charge on any atom is 0.336 e. The number of hydrogen-bond acceptors (Lipinski definition) is 4. The van der Waals surface area contributed by atoms with E-state index in [2.05, 4.69) is 5.10 Å². The summed E-state index contributed by atoms with van der Waals surface area (Å²) in [6.07, 6.45) is 0. The zero-order valence-corrected chi connectivity index (χ0v) is 9.27. The second kappa shape index (κ2) is 4.82. The average molecular weight is 243 g/mol. The summed E-state index contributed by atoms with van der Waals surface area (Å²) in [7, 11) is 1.48. The minimum Gasteiger partial charge on any atom is -0.478 e. The van der Waals surface area contributed by atoms with Crippen LogP contribution in [-0.4, -0.2) is 29.1 Å². The number of nitrogens with zero attached hydrogens (tertiary/aromatic N) is 2. The van der Waals surface area contributed by atoms with E-state index in [-0.39, 0.29) is 17.0 Å². The fraction of sp³-hybridized carbons (Fsp3) is 0.111. The normalized spacial score (nSPS) is 11.3.